The lowest BCUT2D eigenvalue weighted by Gasteiger charge is -2.12. The molecule has 1 amide bonds. The summed E-state index contributed by atoms with van der Waals surface area (Å²) in [7, 11) is 0. The topological polar surface area (TPSA) is 66.9 Å². The fraction of sp³-hybridized carbons (Fsp3) is 0.227. The minimum Gasteiger partial charge on any atom is -0.370 e. The van der Waals surface area contributed by atoms with Gasteiger partial charge in [0.05, 0.1) is 0 Å². The summed E-state index contributed by atoms with van der Waals surface area (Å²) in [6.45, 7) is 4.27. The number of halogens is 1. The van der Waals surface area contributed by atoms with Crippen molar-refractivity contribution in [3.8, 4) is 11.4 Å². The number of amides is 1. The van der Waals surface area contributed by atoms with Crippen molar-refractivity contribution in [1.29, 1.82) is 0 Å². The Morgan fingerprint density at radius 2 is 1.75 bits per heavy atom. The summed E-state index contributed by atoms with van der Waals surface area (Å²) < 4.78 is 13.8. The summed E-state index contributed by atoms with van der Waals surface area (Å²) in [6, 6.07) is 17.8. The van der Waals surface area contributed by atoms with E-state index in [1.807, 2.05) is 50.2 Å². The van der Waals surface area contributed by atoms with Gasteiger partial charge in [0.2, 0.25) is 0 Å². The van der Waals surface area contributed by atoms with Crippen molar-refractivity contribution >= 4 is 11.7 Å². The summed E-state index contributed by atoms with van der Waals surface area (Å²) in [5, 5.41) is 6.03. The lowest BCUT2D eigenvalue weighted by molar-refractivity contribution is 0.0938. The maximum atomic E-state index is 13.8. The highest BCUT2D eigenvalue weighted by molar-refractivity contribution is 5.93. The summed E-state index contributed by atoms with van der Waals surface area (Å²) in [4.78, 5) is 21.4. The number of hydrogen-bond acceptors (Lipinski definition) is 4. The van der Waals surface area contributed by atoms with E-state index in [9.17, 15) is 9.18 Å². The largest absolute Gasteiger partial charge is 0.370 e. The zero-order valence-corrected chi connectivity index (χ0v) is 15.9. The SMILES string of the molecule is CC(C)NC(=O)c1cc(NCCc2ccccc2F)nc(-c2ccccc2)n1. The van der Waals surface area contributed by atoms with Gasteiger partial charge in [0.25, 0.3) is 5.91 Å². The van der Waals surface area contributed by atoms with E-state index in [0.29, 0.717) is 30.2 Å². The minimum atomic E-state index is -0.258. The molecule has 0 spiro atoms. The molecule has 0 radical (unpaired) electrons. The molecule has 0 aliphatic heterocycles. The van der Waals surface area contributed by atoms with E-state index in [-0.39, 0.29) is 23.5 Å². The molecule has 28 heavy (non-hydrogen) atoms. The van der Waals surface area contributed by atoms with Gasteiger partial charge in [0.1, 0.15) is 17.3 Å². The van der Waals surface area contributed by atoms with Gasteiger partial charge >= 0.3 is 0 Å². The molecular formula is C22H23FN4O. The van der Waals surface area contributed by atoms with Gasteiger partial charge in [-0.05, 0) is 31.9 Å². The molecule has 0 aliphatic carbocycles. The van der Waals surface area contributed by atoms with Crippen LogP contribution in [0.15, 0.2) is 60.7 Å². The van der Waals surface area contributed by atoms with Crippen LogP contribution in [0.25, 0.3) is 11.4 Å². The van der Waals surface area contributed by atoms with E-state index in [2.05, 4.69) is 20.6 Å². The fourth-order valence-corrected chi connectivity index (χ4v) is 2.73. The Labute approximate surface area is 164 Å². The Bertz CT molecular complexity index is 944. The van der Waals surface area contributed by atoms with Gasteiger partial charge in [-0.3, -0.25) is 4.79 Å². The third-order valence-electron chi connectivity index (χ3n) is 4.07. The molecule has 3 rings (SSSR count). The van der Waals surface area contributed by atoms with Crippen LogP contribution in [-0.4, -0.2) is 28.5 Å². The zero-order chi connectivity index (χ0) is 19.9. The monoisotopic (exact) mass is 378 g/mol. The van der Waals surface area contributed by atoms with Gasteiger partial charge in [0, 0.05) is 24.2 Å². The van der Waals surface area contributed by atoms with Gasteiger partial charge in [-0.2, -0.15) is 0 Å². The van der Waals surface area contributed by atoms with Crippen LogP contribution in [0, 0.1) is 5.82 Å². The first-order valence-electron chi connectivity index (χ1n) is 9.25. The Kier molecular flexibility index (Phi) is 6.32. The van der Waals surface area contributed by atoms with Crippen molar-refractivity contribution in [3.63, 3.8) is 0 Å². The van der Waals surface area contributed by atoms with Gasteiger partial charge in [0.15, 0.2) is 5.82 Å². The number of hydrogen-bond donors (Lipinski definition) is 2. The Hall–Kier alpha value is -3.28. The fourth-order valence-electron chi connectivity index (χ4n) is 2.73. The van der Waals surface area contributed by atoms with Gasteiger partial charge in [-0.25, -0.2) is 14.4 Å². The second kappa shape index (κ2) is 9.08. The molecule has 0 atom stereocenters. The van der Waals surface area contributed by atoms with E-state index < -0.39 is 0 Å². The Morgan fingerprint density at radius 3 is 2.46 bits per heavy atom. The van der Waals surface area contributed by atoms with E-state index >= 15 is 0 Å². The average molecular weight is 378 g/mol. The maximum absolute atomic E-state index is 13.8. The van der Waals surface area contributed by atoms with Crippen LogP contribution in [0.3, 0.4) is 0 Å². The smallest absolute Gasteiger partial charge is 0.270 e. The van der Waals surface area contributed by atoms with Crippen LogP contribution in [-0.2, 0) is 6.42 Å². The Morgan fingerprint density at radius 1 is 1.04 bits per heavy atom. The first kappa shape index (κ1) is 19.5. The normalized spacial score (nSPS) is 10.7. The van der Waals surface area contributed by atoms with Crippen molar-refractivity contribution in [2.75, 3.05) is 11.9 Å². The standard InChI is InChI=1S/C22H23FN4O/c1-15(2)25-22(28)19-14-20(24-13-12-16-8-6-7-11-18(16)23)27-21(26-19)17-9-4-3-5-10-17/h3-11,14-15H,12-13H2,1-2H3,(H,25,28)(H,24,26,27). The quantitative estimate of drug-likeness (QED) is 0.650. The molecule has 3 aromatic rings. The third kappa shape index (κ3) is 5.13. The summed E-state index contributed by atoms with van der Waals surface area (Å²) in [5.41, 5.74) is 1.74. The molecule has 144 valence electrons. The molecule has 2 aromatic carbocycles. The van der Waals surface area contributed by atoms with Crippen LogP contribution in [0.1, 0.15) is 29.9 Å². The highest BCUT2D eigenvalue weighted by Gasteiger charge is 2.14. The second-order valence-electron chi connectivity index (χ2n) is 6.72. The van der Waals surface area contributed by atoms with E-state index in [4.69, 9.17) is 0 Å². The van der Waals surface area contributed by atoms with Crippen molar-refractivity contribution < 1.29 is 9.18 Å². The lowest BCUT2D eigenvalue weighted by atomic mass is 10.1. The number of aromatic nitrogens is 2. The number of rotatable bonds is 7. The highest BCUT2D eigenvalue weighted by atomic mass is 19.1. The molecule has 0 unspecified atom stereocenters. The molecular weight excluding hydrogens is 355 g/mol. The second-order valence-corrected chi connectivity index (χ2v) is 6.72. The molecule has 0 aliphatic rings. The number of nitrogens with zero attached hydrogens (tertiary/aromatic N) is 2. The van der Waals surface area contributed by atoms with Crippen molar-refractivity contribution in [2.45, 2.75) is 26.3 Å². The van der Waals surface area contributed by atoms with Gasteiger partial charge in [-0.1, -0.05) is 48.5 Å². The van der Waals surface area contributed by atoms with Crippen LogP contribution in [0.4, 0.5) is 10.2 Å². The predicted octanol–water partition coefficient (Wildman–Crippen LogP) is 4.08. The average Bonchev–Trinajstić information content (AvgIpc) is 2.69. The number of nitrogens with one attached hydrogen (secondary N) is 2. The van der Waals surface area contributed by atoms with E-state index in [0.717, 1.165) is 5.56 Å². The Balaban J connectivity index is 1.82. The lowest BCUT2D eigenvalue weighted by Crippen LogP contribution is -2.31. The molecule has 2 N–H and O–H groups in total. The summed E-state index contributed by atoms with van der Waals surface area (Å²) in [6.07, 6.45) is 0.505. The molecule has 1 heterocycles. The van der Waals surface area contributed by atoms with Crippen LogP contribution < -0.4 is 10.6 Å². The maximum Gasteiger partial charge on any atom is 0.270 e. The highest BCUT2D eigenvalue weighted by Crippen LogP contribution is 2.18. The summed E-state index contributed by atoms with van der Waals surface area (Å²) >= 11 is 0. The molecule has 0 fully saturated rings. The molecule has 1 aromatic heterocycles. The molecule has 0 saturated heterocycles. The predicted molar refractivity (Wildman–Crippen MR) is 109 cm³/mol. The molecule has 6 heteroatoms. The number of benzene rings is 2. The van der Waals surface area contributed by atoms with Crippen molar-refractivity contribution in [1.82, 2.24) is 15.3 Å². The van der Waals surface area contributed by atoms with E-state index in [1.54, 1.807) is 18.2 Å². The molecule has 0 bridgehead atoms. The minimum absolute atomic E-state index is 0.0000978. The molecule has 5 nitrogen and oxygen atoms in total. The number of carbonyl (C=O) groups is 1. The van der Waals surface area contributed by atoms with Crippen LogP contribution >= 0.6 is 0 Å². The van der Waals surface area contributed by atoms with Gasteiger partial charge in [-0.15, -0.1) is 0 Å². The summed E-state index contributed by atoms with van der Waals surface area (Å²) in [5.74, 6) is 0.505. The van der Waals surface area contributed by atoms with Crippen molar-refractivity contribution in [2.24, 2.45) is 0 Å². The molecule has 0 saturated carbocycles. The zero-order valence-electron chi connectivity index (χ0n) is 15.9. The van der Waals surface area contributed by atoms with Crippen LogP contribution in [0.5, 0.6) is 0 Å². The van der Waals surface area contributed by atoms with Gasteiger partial charge < -0.3 is 10.6 Å². The number of carbonyl (C=O) groups excluding carboxylic acids is 1. The number of anilines is 1. The van der Waals surface area contributed by atoms with Crippen molar-refractivity contribution in [3.05, 3.63) is 77.7 Å². The van der Waals surface area contributed by atoms with E-state index in [1.165, 1.54) is 6.07 Å². The van der Waals surface area contributed by atoms with Crippen LogP contribution in [0.2, 0.25) is 0 Å². The third-order valence-corrected chi connectivity index (χ3v) is 4.07. The first-order valence-corrected chi connectivity index (χ1v) is 9.25. The first-order chi connectivity index (χ1) is 13.5.